The normalized spacial score (nSPS) is 10.6. The molecule has 84 valence electrons. The molecule has 0 saturated carbocycles. The van der Waals surface area contributed by atoms with Crippen molar-refractivity contribution < 1.29 is 9.84 Å². The van der Waals surface area contributed by atoms with Crippen LogP contribution >= 0.6 is 0 Å². The number of aromatic nitrogens is 1. The lowest BCUT2D eigenvalue weighted by atomic mass is 10.1. The van der Waals surface area contributed by atoms with Crippen LogP contribution in [0.4, 0.5) is 11.4 Å². The molecular weight excluding hydrogens is 206 g/mol. The number of hydrogen-bond acceptors (Lipinski definition) is 4. The zero-order valence-corrected chi connectivity index (χ0v) is 8.68. The number of rotatable bonds is 3. The van der Waals surface area contributed by atoms with Crippen molar-refractivity contribution in [2.75, 3.05) is 24.2 Å². The minimum absolute atomic E-state index is 0.0558. The Morgan fingerprint density at radius 2 is 2.12 bits per heavy atom. The third-order valence-corrected chi connectivity index (χ3v) is 2.39. The first-order valence-electron chi connectivity index (χ1n) is 4.98. The maximum atomic E-state index is 11.2. The number of nitrogens with one attached hydrogen (secondary N) is 1. The van der Waals surface area contributed by atoms with Crippen LogP contribution in [-0.2, 0) is 0 Å². The van der Waals surface area contributed by atoms with E-state index in [9.17, 15) is 5.21 Å². The van der Waals surface area contributed by atoms with Gasteiger partial charge in [0.2, 0.25) is 0 Å². The number of nitrogens with zero attached hydrogens (tertiary/aromatic N) is 1. The van der Waals surface area contributed by atoms with E-state index in [-0.39, 0.29) is 6.61 Å². The molecule has 5 nitrogen and oxygen atoms in total. The maximum Gasteiger partial charge on any atom is 0.190 e. The van der Waals surface area contributed by atoms with Gasteiger partial charge in [0.15, 0.2) is 12.4 Å². The Balaban J connectivity index is 2.55. The van der Waals surface area contributed by atoms with Crippen LogP contribution in [0.25, 0.3) is 10.8 Å². The monoisotopic (exact) mass is 219 g/mol. The topological polar surface area (TPSA) is 85.2 Å². The average molecular weight is 219 g/mol. The van der Waals surface area contributed by atoms with Crippen molar-refractivity contribution in [1.82, 2.24) is 0 Å². The number of benzene rings is 1. The molecular formula is C11H13N3O2. The van der Waals surface area contributed by atoms with Crippen molar-refractivity contribution in [3.63, 3.8) is 0 Å². The number of aliphatic hydroxyl groups excluding tert-OH is 1. The lowest BCUT2D eigenvalue weighted by Gasteiger charge is -2.09. The summed E-state index contributed by atoms with van der Waals surface area (Å²) in [5.74, 6) is 0. The van der Waals surface area contributed by atoms with E-state index in [0.29, 0.717) is 22.3 Å². The van der Waals surface area contributed by atoms with Gasteiger partial charge in [-0.3, -0.25) is 0 Å². The smallest absolute Gasteiger partial charge is 0.190 e. The molecule has 0 radical (unpaired) electrons. The van der Waals surface area contributed by atoms with Gasteiger partial charge in [-0.05, 0) is 12.1 Å². The second-order valence-electron chi connectivity index (χ2n) is 3.48. The fourth-order valence-corrected chi connectivity index (χ4v) is 1.64. The molecule has 0 bridgehead atoms. The zero-order chi connectivity index (χ0) is 11.5. The molecule has 1 heterocycles. The van der Waals surface area contributed by atoms with E-state index in [4.69, 9.17) is 10.8 Å². The van der Waals surface area contributed by atoms with Gasteiger partial charge in [-0.2, -0.15) is 4.73 Å². The fourth-order valence-electron chi connectivity index (χ4n) is 1.64. The molecule has 0 aliphatic heterocycles. The molecule has 1 aromatic carbocycles. The largest absolute Gasteiger partial charge is 0.619 e. The Morgan fingerprint density at radius 1 is 1.31 bits per heavy atom. The first-order chi connectivity index (χ1) is 7.72. The van der Waals surface area contributed by atoms with E-state index in [0.717, 1.165) is 11.1 Å². The summed E-state index contributed by atoms with van der Waals surface area (Å²) in [5, 5.41) is 24.6. The molecule has 0 atom stereocenters. The fraction of sp³-hybridized carbons (Fsp3) is 0.182. The van der Waals surface area contributed by atoms with Gasteiger partial charge in [-0.15, -0.1) is 0 Å². The number of fused-ring (bicyclic) bond motifs is 1. The van der Waals surface area contributed by atoms with Crippen LogP contribution in [0.15, 0.2) is 30.6 Å². The highest BCUT2D eigenvalue weighted by atomic mass is 16.5. The summed E-state index contributed by atoms with van der Waals surface area (Å²) in [5.41, 5.74) is 7.22. The standard InChI is InChI=1S/C11H13N3O2/c12-10-1-2-11(13-4-6-15)8-3-5-14(16)7-9(8)10/h1-3,5,7,13,15H,4,6,12H2. The molecule has 1 aromatic heterocycles. The summed E-state index contributed by atoms with van der Waals surface area (Å²) in [6.07, 6.45) is 2.86. The molecule has 0 fully saturated rings. The highest BCUT2D eigenvalue weighted by molar-refractivity contribution is 6.00. The molecule has 2 aromatic rings. The van der Waals surface area contributed by atoms with Crippen molar-refractivity contribution in [1.29, 1.82) is 0 Å². The van der Waals surface area contributed by atoms with Crippen LogP contribution in [0.3, 0.4) is 0 Å². The Labute approximate surface area is 92.7 Å². The molecule has 0 aliphatic rings. The van der Waals surface area contributed by atoms with Crippen molar-refractivity contribution in [3.05, 3.63) is 35.8 Å². The van der Waals surface area contributed by atoms with Gasteiger partial charge in [0.05, 0.1) is 12.0 Å². The second kappa shape index (κ2) is 4.24. The third kappa shape index (κ3) is 1.85. The SMILES string of the molecule is Nc1ccc(NCCO)c2cc[n+]([O-])cc12. The molecule has 4 N–H and O–H groups in total. The minimum Gasteiger partial charge on any atom is -0.619 e. The van der Waals surface area contributed by atoms with Gasteiger partial charge in [-0.1, -0.05) is 0 Å². The van der Waals surface area contributed by atoms with Crippen LogP contribution in [0.2, 0.25) is 0 Å². The third-order valence-electron chi connectivity index (χ3n) is 2.39. The summed E-state index contributed by atoms with van der Waals surface area (Å²) < 4.78 is 0.717. The zero-order valence-electron chi connectivity index (χ0n) is 8.68. The van der Waals surface area contributed by atoms with E-state index in [2.05, 4.69) is 5.32 Å². The predicted molar refractivity (Wildman–Crippen MR) is 62.9 cm³/mol. The Hall–Kier alpha value is -2.01. The maximum absolute atomic E-state index is 11.2. The molecule has 0 spiro atoms. The van der Waals surface area contributed by atoms with Crippen LogP contribution in [0, 0.1) is 5.21 Å². The summed E-state index contributed by atoms with van der Waals surface area (Å²) in [6, 6.07) is 5.28. The highest BCUT2D eigenvalue weighted by Crippen LogP contribution is 2.26. The minimum atomic E-state index is 0.0558. The number of nitrogens with two attached hydrogens (primary N) is 1. The van der Waals surface area contributed by atoms with Crippen molar-refractivity contribution in [3.8, 4) is 0 Å². The first kappa shape index (κ1) is 10.5. The quantitative estimate of drug-likeness (QED) is 0.397. The molecule has 5 heteroatoms. The van der Waals surface area contributed by atoms with Crippen LogP contribution in [-0.4, -0.2) is 18.3 Å². The lowest BCUT2D eigenvalue weighted by molar-refractivity contribution is -0.603. The summed E-state index contributed by atoms with van der Waals surface area (Å²) in [6.45, 7) is 0.519. The number of aliphatic hydroxyl groups is 1. The van der Waals surface area contributed by atoms with E-state index in [1.165, 1.54) is 12.4 Å². The molecule has 2 rings (SSSR count). The summed E-state index contributed by atoms with van der Waals surface area (Å²) >= 11 is 0. The van der Waals surface area contributed by atoms with Gasteiger partial charge in [0, 0.05) is 29.4 Å². The van der Waals surface area contributed by atoms with E-state index in [1.54, 1.807) is 12.1 Å². The molecule has 16 heavy (non-hydrogen) atoms. The van der Waals surface area contributed by atoms with Crippen LogP contribution in [0.1, 0.15) is 0 Å². The van der Waals surface area contributed by atoms with Gasteiger partial charge >= 0.3 is 0 Å². The first-order valence-corrected chi connectivity index (χ1v) is 4.98. The molecule has 0 aliphatic carbocycles. The Morgan fingerprint density at radius 3 is 2.88 bits per heavy atom. The molecule has 0 unspecified atom stereocenters. The van der Waals surface area contributed by atoms with E-state index >= 15 is 0 Å². The van der Waals surface area contributed by atoms with Crippen molar-refractivity contribution >= 4 is 22.1 Å². The van der Waals surface area contributed by atoms with Gasteiger partial charge in [-0.25, -0.2) is 0 Å². The van der Waals surface area contributed by atoms with Crippen LogP contribution < -0.4 is 15.8 Å². The van der Waals surface area contributed by atoms with Gasteiger partial charge in [0.25, 0.3) is 0 Å². The van der Waals surface area contributed by atoms with Gasteiger partial charge < -0.3 is 21.4 Å². The highest BCUT2D eigenvalue weighted by Gasteiger charge is 2.06. The average Bonchev–Trinajstić information content (AvgIpc) is 2.29. The van der Waals surface area contributed by atoms with E-state index in [1.807, 2.05) is 6.07 Å². The Kier molecular flexibility index (Phi) is 2.78. The van der Waals surface area contributed by atoms with Crippen molar-refractivity contribution in [2.24, 2.45) is 0 Å². The number of pyridine rings is 1. The molecule has 0 saturated heterocycles. The predicted octanol–water partition coefficient (Wildman–Crippen LogP) is 0.460. The van der Waals surface area contributed by atoms with Crippen molar-refractivity contribution in [2.45, 2.75) is 0 Å². The summed E-state index contributed by atoms with van der Waals surface area (Å²) in [4.78, 5) is 0. The second-order valence-corrected chi connectivity index (χ2v) is 3.48. The van der Waals surface area contributed by atoms with Crippen LogP contribution in [0.5, 0.6) is 0 Å². The number of anilines is 2. The Bertz CT molecular complexity index is 514. The van der Waals surface area contributed by atoms with Gasteiger partial charge in [0.1, 0.15) is 0 Å². The number of hydrogen-bond donors (Lipinski definition) is 3. The van der Waals surface area contributed by atoms with E-state index < -0.39 is 0 Å². The molecule has 0 amide bonds. The summed E-state index contributed by atoms with van der Waals surface area (Å²) in [7, 11) is 0. The lowest BCUT2D eigenvalue weighted by Crippen LogP contribution is -2.24. The number of nitrogen functional groups attached to an aromatic ring is 1.